The Morgan fingerprint density at radius 3 is 2.43 bits per heavy atom. The van der Waals surface area contributed by atoms with Crippen LogP contribution in [0, 0.1) is 0 Å². The molecule has 0 aliphatic heterocycles. The van der Waals surface area contributed by atoms with E-state index < -0.39 is 0 Å². The van der Waals surface area contributed by atoms with Crippen molar-refractivity contribution in [2.45, 2.75) is 76.7 Å². The number of hydrogen-bond donors (Lipinski definition) is 1. The zero-order valence-corrected chi connectivity index (χ0v) is 13.3. The Hall–Kier alpha value is -1.31. The molecule has 0 bridgehead atoms. The first kappa shape index (κ1) is 16.1. The van der Waals surface area contributed by atoms with Crippen LogP contribution in [0.4, 0.5) is 0 Å². The van der Waals surface area contributed by atoms with E-state index >= 15 is 0 Å². The molecule has 1 saturated carbocycles. The van der Waals surface area contributed by atoms with E-state index in [-0.39, 0.29) is 5.91 Å². The third kappa shape index (κ3) is 5.91. The Morgan fingerprint density at radius 1 is 1.05 bits per heavy atom. The molecule has 2 heteroatoms. The molecular formula is C19H29NO. The van der Waals surface area contributed by atoms with Gasteiger partial charge in [-0.05, 0) is 18.4 Å². The average molecular weight is 287 g/mol. The average Bonchev–Trinajstić information content (AvgIpc) is 3.26. The van der Waals surface area contributed by atoms with Gasteiger partial charge in [0.2, 0.25) is 5.91 Å². The summed E-state index contributed by atoms with van der Waals surface area (Å²) in [5.41, 5.74) is 1.36. The molecule has 1 fully saturated rings. The van der Waals surface area contributed by atoms with Crippen LogP contribution in [0.2, 0.25) is 0 Å². The minimum Gasteiger partial charge on any atom is -0.353 e. The fourth-order valence-electron chi connectivity index (χ4n) is 2.94. The van der Waals surface area contributed by atoms with Gasteiger partial charge < -0.3 is 5.32 Å². The molecule has 2 atom stereocenters. The SMILES string of the molecule is CCCCCCCCCC(=O)NC1CC1c1ccccc1. The van der Waals surface area contributed by atoms with E-state index in [1.165, 1.54) is 44.1 Å². The molecule has 2 unspecified atom stereocenters. The molecule has 0 saturated heterocycles. The Bertz CT molecular complexity index is 415. The van der Waals surface area contributed by atoms with Gasteiger partial charge in [0.25, 0.3) is 0 Å². The summed E-state index contributed by atoms with van der Waals surface area (Å²) in [5, 5.41) is 3.17. The van der Waals surface area contributed by atoms with Gasteiger partial charge in [0, 0.05) is 18.4 Å². The fraction of sp³-hybridized carbons (Fsp3) is 0.632. The highest BCUT2D eigenvalue weighted by molar-refractivity contribution is 5.76. The van der Waals surface area contributed by atoms with Crippen LogP contribution in [0.25, 0.3) is 0 Å². The van der Waals surface area contributed by atoms with Crippen molar-refractivity contribution in [3.05, 3.63) is 35.9 Å². The first-order valence-corrected chi connectivity index (χ1v) is 8.65. The number of rotatable bonds is 10. The van der Waals surface area contributed by atoms with Crippen LogP contribution in [0.15, 0.2) is 30.3 Å². The summed E-state index contributed by atoms with van der Waals surface area (Å²) in [6.45, 7) is 2.24. The van der Waals surface area contributed by atoms with Crippen molar-refractivity contribution in [1.29, 1.82) is 0 Å². The lowest BCUT2D eigenvalue weighted by molar-refractivity contribution is -0.121. The summed E-state index contributed by atoms with van der Waals surface area (Å²) in [7, 11) is 0. The Kier molecular flexibility index (Phi) is 6.78. The van der Waals surface area contributed by atoms with Gasteiger partial charge in [-0.3, -0.25) is 4.79 Å². The number of amides is 1. The topological polar surface area (TPSA) is 29.1 Å². The first-order chi connectivity index (χ1) is 10.3. The lowest BCUT2D eigenvalue weighted by Crippen LogP contribution is -2.26. The molecule has 1 N–H and O–H groups in total. The van der Waals surface area contributed by atoms with Crippen molar-refractivity contribution in [3.63, 3.8) is 0 Å². The molecule has 1 aromatic carbocycles. The second kappa shape index (κ2) is 8.86. The van der Waals surface area contributed by atoms with E-state index in [2.05, 4.69) is 36.5 Å². The quantitative estimate of drug-likeness (QED) is 0.615. The van der Waals surface area contributed by atoms with Gasteiger partial charge in [0.1, 0.15) is 0 Å². The minimum absolute atomic E-state index is 0.243. The van der Waals surface area contributed by atoms with Crippen molar-refractivity contribution in [2.75, 3.05) is 0 Å². The van der Waals surface area contributed by atoms with Gasteiger partial charge in [-0.25, -0.2) is 0 Å². The Morgan fingerprint density at radius 2 is 1.71 bits per heavy atom. The first-order valence-electron chi connectivity index (χ1n) is 8.65. The van der Waals surface area contributed by atoms with Crippen molar-refractivity contribution in [2.24, 2.45) is 0 Å². The van der Waals surface area contributed by atoms with Gasteiger partial charge in [0.05, 0.1) is 0 Å². The molecule has 0 radical (unpaired) electrons. The Labute approximate surface area is 129 Å². The molecule has 116 valence electrons. The van der Waals surface area contributed by atoms with Crippen molar-refractivity contribution < 1.29 is 4.79 Å². The van der Waals surface area contributed by atoms with E-state index in [1.807, 2.05) is 6.07 Å². The summed E-state index contributed by atoms with van der Waals surface area (Å²) in [4.78, 5) is 11.9. The molecule has 2 rings (SSSR count). The fourth-order valence-corrected chi connectivity index (χ4v) is 2.94. The standard InChI is InChI=1S/C19H29NO/c1-2-3-4-5-6-7-11-14-19(21)20-18-15-17(18)16-12-9-8-10-13-16/h8-10,12-13,17-18H,2-7,11,14-15H2,1H3,(H,20,21). The number of benzene rings is 1. The highest BCUT2D eigenvalue weighted by atomic mass is 16.1. The lowest BCUT2D eigenvalue weighted by Gasteiger charge is -2.05. The summed E-state index contributed by atoms with van der Waals surface area (Å²) in [6, 6.07) is 10.9. The second-order valence-corrected chi connectivity index (χ2v) is 6.30. The number of hydrogen-bond acceptors (Lipinski definition) is 1. The maximum atomic E-state index is 11.9. The molecule has 0 aromatic heterocycles. The summed E-state index contributed by atoms with van der Waals surface area (Å²) in [6.07, 6.45) is 10.7. The molecule has 1 aromatic rings. The van der Waals surface area contributed by atoms with Crippen molar-refractivity contribution in [3.8, 4) is 0 Å². The lowest BCUT2D eigenvalue weighted by atomic mass is 10.1. The van der Waals surface area contributed by atoms with E-state index in [0.29, 0.717) is 18.4 Å². The monoisotopic (exact) mass is 287 g/mol. The molecule has 2 nitrogen and oxygen atoms in total. The van der Waals surface area contributed by atoms with E-state index in [4.69, 9.17) is 0 Å². The van der Waals surface area contributed by atoms with Gasteiger partial charge in [0.15, 0.2) is 0 Å². The van der Waals surface area contributed by atoms with E-state index in [9.17, 15) is 4.79 Å². The van der Waals surface area contributed by atoms with Crippen LogP contribution >= 0.6 is 0 Å². The van der Waals surface area contributed by atoms with Crippen LogP contribution in [-0.2, 0) is 4.79 Å². The molecule has 1 aliphatic carbocycles. The Balaban J connectivity index is 1.51. The van der Waals surface area contributed by atoms with E-state index in [0.717, 1.165) is 12.8 Å². The summed E-state index contributed by atoms with van der Waals surface area (Å²) >= 11 is 0. The maximum absolute atomic E-state index is 11.9. The van der Waals surface area contributed by atoms with Gasteiger partial charge in [-0.1, -0.05) is 75.8 Å². The number of nitrogens with one attached hydrogen (secondary N) is 1. The smallest absolute Gasteiger partial charge is 0.220 e. The predicted octanol–water partition coefficient (Wildman–Crippen LogP) is 4.80. The maximum Gasteiger partial charge on any atom is 0.220 e. The zero-order valence-electron chi connectivity index (χ0n) is 13.3. The van der Waals surface area contributed by atoms with Crippen LogP contribution < -0.4 is 5.32 Å². The molecule has 1 amide bonds. The number of carbonyl (C=O) groups excluding carboxylic acids is 1. The van der Waals surface area contributed by atoms with Crippen molar-refractivity contribution >= 4 is 5.91 Å². The van der Waals surface area contributed by atoms with Gasteiger partial charge in [-0.2, -0.15) is 0 Å². The van der Waals surface area contributed by atoms with Crippen molar-refractivity contribution in [1.82, 2.24) is 5.32 Å². The highest BCUT2D eigenvalue weighted by Crippen LogP contribution is 2.40. The summed E-state index contributed by atoms with van der Waals surface area (Å²) < 4.78 is 0. The normalized spacial score (nSPS) is 20.2. The van der Waals surface area contributed by atoms with E-state index in [1.54, 1.807) is 0 Å². The molecule has 21 heavy (non-hydrogen) atoms. The molecular weight excluding hydrogens is 258 g/mol. The second-order valence-electron chi connectivity index (χ2n) is 6.30. The highest BCUT2D eigenvalue weighted by Gasteiger charge is 2.39. The molecule has 0 spiro atoms. The molecule has 1 aliphatic rings. The van der Waals surface area contributed by atoms with Gasteiger partial charge in [-0.15, -0.1) is 0 Å². The van der Waals surface area contributed by atoms with Gasteiger partial charge >= 0.3 is 0 Å². The summed E-state index contributed by atoms with van der Waals surface area (Å²) in [5.74, 6) is 0.788. The van der Waals surface area contributed by atoms with Crippen LogP contribution in [-0.4, -0.2) is 11.9 Å². The van der Waals surface area contributed by atoms with Crippen LogP contribution in [0.1, 0.15) is 76.2 Å². The number of unbranched alkanes of at least 4 members (excludes halogenated alkanes) is 6. The third-order valence-corrected chi connectivity index (χ3v) is 4.37. The van der Waals surface area contributed by atoms with Crippen LogP contribution in [0.5, 0.6) is 0 Å². The number of carbonyl (C=O) groups is 1. The minimum atomic E-state index is 0.243. The van der Waals surface area contributed by atoms with Crippen LogP contribution in [0.3, 0.4) is 0 Å². The predicted molar refractivity (Wildman–Crippen MR) is 88.3 cm³/mol. The largest absolute Gasteiger partial charge is 0.353 e. The zero-order chi connectivity index (χ0) is 14.9. The third-order valence-electron chi connectivity index (χ3n) is 4.37. The molecule has 0 heterocycles.